The molecule has 1 atom stereocenters. The summed E-state index contributed by atoms with van der Waals surface area (Å²) in [6.07, 6.45) is 2.28. The maximum absolute atomic E-state index is 6.24. The van der Waals surface area contributed by atoms with Crippen LogP contribution < -0.4 is 15.2 Å². The lowest BCUT2D eigenvalue weighted by Crippen LogP contribution is -2.17. The van der Waals surface area contributed by atoms with Crippen molar-refractivity contribution in [3.63, 3.8) is 0 Å². The maximum Gasteiger partial charge on any atom is 0.180 e. The smallest absolute Gasteiger partial charge is 0.180 e. The molecule has 2 aromatic rings. The standard InChI is InChI=1S/C14H17ClN2O3/c1-9(16)5-10-6-12(15)14(13(7-10)18-2)19-8-11-3-4-17-20-11/h3-4,6-7,9H,5,8,16H2,1-2H3. The lowest BCUT2D eigenvalue weighted by Gasteiger charge is -2.14. The molecule has 0 saturated heterocycles. The van der Waals surface area contributed by atoms with Gasteiger partial charge in [0.25, 0.3) is 0 Å². The first-order valence-corrected chi connectivity index (χ1v) is 6.62. The third kappa shape index (κ3) is 3.65. The van der Waals surface area contributed by atoms with Gasteiger partial charge >= 0.3 is 0 Å². The van der Waals surface area contributed by atoms with Crippen LogP contribution in [0.3, 0.4) is 0 Å². The first kappa shape index (κ1) is 14.7. The molecule has 5 nitrogen and oxygen atoms in total. The number of methoxy groups -OCH3 is 1. The Bertz CT molecular complexity index is 556. The molecular formula is C14H17ClN2O3. The van der Waals surface area contributed by atoms with E-state index in [9.17, 15) is 0 Å². The predicted molar refractivity (Wildman–Crippen MR) is 76.2 cm³/mol. The van der Waals surface area contributed by atoms with E-state index in [1.807, 2.05) is 19.1 Å². The van der Waals surface area contributed by atoms with E-state index >= 15 is 0 Å². The number of hydrogen-bond acceptors (Lipinski definition) is 5. The largest absolute Gasteiger partial charge is 0.493 e. The van der Waals surface area contributed by atoms with Gasteiger partial charge in [-0.1, -0.05) is 16.8 Å². The quantitative estimate of drug-likeness (QED) is 0.887. The summed E-state index contributed by atoms with van der Waals surface area (Å²) in [5, 5.41) is 4.10. The van der Waals surface area contributed by atoms with Gasteiger partial charge in [0, 0.05) is 12.1 Å². The molecule has 0 aliphatic carbocycles. The second kappa shape index (κ2) is 6.63. The third-order valence-corrected chi connectivity index (χ3v) is 2.98. The van der Waals surface area contributed by atoms with Crippen molar-refractivity contribution in [2.24, 2.45) is 5.73 Å². The molecule has 6 heteroatoms. The molecule has 0 radical (unpaired) electrons. The van der Waals surface area contributed by atoms with Gasteiger partial charge in [-0.25, -0.2) is 0 Å². The molecular weight excluding hydrogens is 280 g/mol. The van der Waals surface area contributed by atoms with E-state index in [1.165, 1.54) is 0 Å². The van der Waals surface area contributed by atoms with Gasteiger partial charge in [-0.2, -0.15) is 0 Å². The Hall–Kier alpha value is -1.72. The molecule has 1 unspecified atom stereocenters. The summed E-state index contributed by atoms with van der Waals surface area (Å²) in [5.74, 6) is 1.68. The van der Waals surface area contributed by atoms with Crippen LogP contribution in [0.1, 0.15) is 18.2 Å². The number of ether oxygens (including phenoxy) is 2. The fourth-order valence-corrected chi connectivity index (χ4v) is 2.15. The number of rotatable bonds is 6. The fourth-order valence-electron chi connectivity index (χ4n) is 1.86. The number of nitrogens with zero attached hydrogens (tertiary/aromatic N) is 1. The van der Waals surface area contributed by atoms with Crippen molar-refractivity contribution in [1.82, 2.24) is 5.16 Å². The molecule has 1 aromatic carbocycles. The fraction of sp³-hybridized carbons (Fsp3) is 0.357. The van der Waals surface area contributed by atoms with E-state index in [4.69, 9.17) is 31.3 Å². The van der Waals surface area contributed by atoms with Crippen LogP contribution >= 0.6 is 11.6 Å². The zero-order chi connectivity index (χ0) is 14.5. The Labute approximate surface area is 122 Å². The number of benzene rings is 1. The molecule has 1 heterocycles. The number of hydrogen-bond donors (Lipinski definition) is 1. The molecule has 0 aliphatic rings. The molecule has 20 heavy (non-hydrogen) atoms. The first-order chi connectivity index (χ1) is 9.60. The highest BCUT2D eigenvalue weighted by Crippen LogP contribution is 2.37. The van der Waals surface area contributed by atoms with Crippen LogP contribution in [0.2, 0.25) is 5.02 Å². The topological polar surface area (TPSA) is 70.5 Å². The molecule has 108 valence electrons. The Balaban J connectivity index is 2.18. The Morgan fingerprint density at radius 3 is 2.85 bits per heavy atom. The van der Waals surface area contributed by atoms with Gasteiger partial charge in [0.2, 0.25) is 0 Å². The van der Waals surface area contributed by atoms with Crippen LogP contribution in [-0.2, 0) is 13.0 Å². The highest BCUT2D eigenvalue weighted by molar-refractivity contribution is 6.32. The van der Waals surface area contributed by atoms with Crippen molar-refractivity contribution in [2.75, 3.05) is 7.11 Å². The summed E-state index contributed by atoms with van der Waals surface area (Å²) >= 11 is 6.24. The summed E-state index contributed by atoms with van der Waals surface area (Å²) in [6, 6.07) is 5.50. The summed E-state index contributed by atoms with van der Waals surface area (Å²) in [4.78, 5) is 0. The highest BCUT2D eigenvalue weighted by atomic mass is 35.5. The van der Waals surface area contributed by atoms with Crippen molar-refractivity contribution in [1.29, 1.82) is 0 Å². The minimum Gasteiger partial charge on any atom is -0.493 e. The number of halogens is 1. The molecule has 0 aliphatic heterocycles. The van der Waals surface area contributed by atoms with Crippen LogP contribution in [0.25, 0.3) is 0 Å². The summed E-state index contributed by atoms with van der Waals surface area (Å²) in [7, 11) is 1.57. The molecule has 2 rings (SSSR count). The number of aromatic nitrogens is 1. The van der Waals surface area contributed by atoms with Crippen molar-refractivity contribution in [3.8, 4) is 11.5 Å². The normalized spacial score (nSPS) is 12.2. The van der Waals surface area contributed by atoms with Gasteiger partial charge in [-0.15, -0.1) is 0 Å². The number of nitrogens with two attached hydrogens (primary N) is 1. The zero-order valence-corrected chi connectivity index (χ0v) is 12.2. The summed E-state index contributed by atoms with van der Waals surface area (Å²) in [5.41, 5.74) is 6.80. The van der Waals surface area contributed by atoms with Crippen molar-refractivity contribution in [3.05, 3.63) is 40.7 Å². The van der Waals surface area contributed by atoms with Crippen LogP contribution in [0.5, 0.6) is 11.5 Å². The van der Waals surface area contributed by atoms with Gasteiger partial charge in [0.05, 0.1) is 18.3 Å². The Morgan fingerprint density at radius 2 is 2.25 bits per heavy atom. The average Bonchev–Trinajstić information content (AvgIpc) is 2.89. The van der Waals surface area contributed by atoms with Crippen LogP contribution in [0.15, 0.2) is 28.9 Å². The van der Waals surface area contributed by atoms with Crippen molar-refractivity contribution >= 4 is 11.6 Å². The first-order valence-electron chi connectivity index (χ1n) is 6.24. The zero-order valence-electron chi connectivity index (χ0n) is 11.4. The van der Waals surface area contributed by atoms with Gasteiger partial charge in [-0.05, 0) is 31.0 Å². The second-order valence-corrected chi connectivity index (χ2v) is 4.97. The predicted octanol–water partition coefficient (Wildman–Crippen LogP) is 2.81. The molecule has 0 bridgehead atoms. The van der Waals surface area contributed by atoms with Gasteiger partial charge in [-0.3, -0.25) is 0 Å². The Morgan fingerprint density at radius 1 is 1.45 bits per heavy atom. The van der Waals surface area contributed by atoms with Crippen molar-refractivity contribution in [2.45, 2.75) is 26.0 Å². The molecule has 0 saturated carbocycles. The average molecular weight is 297 g/mol. The summed E-state index contributed by atoms with van der Waals surface area (Å²) < 4.78 is 15.9. The van der Waals surface area contributed by atoms with Gasteiger partial charge < -0.3 is 19.7 Å². The SMILES string of the molecule is COc1cc(CC(C)N)cc(Cl)c1OCc1ccno1. The lowest BCUT2D eigenvalue weighted by molar-refractivity contribution is 0.239. The van der Waals surface area contributed by atoms with E-state index in [0.717, 1.165) is 12.0 Å². The van der Waals surface area contributed by atoms with Crippen LogP contribution in [-0.4, -0.2) is 18.3 Å². The molecule has 1 aromatic heterocycles. The monoisotopic (exact) mass is 296 g/mol. The molecule has 0 amide bonds. The summed E-state index contributed by atoms with van der Waals surface area (Å²) in [6.45, 7) is 2.18. The molecule has 0 fully saturated rings. The van der Waals surface area contributed by atoms with Crippen molar-refractivity contribution < 1.29 is 14.0 Å². The molecule has 2 N–H and O–H groups in total. The maximum atomic E-state index is 6.24. The van der Waals surface area contributed by atoms with E-state index in [2.05, 4.69) is 5.16 Å². The minimum atomic E-state index is 0.0525. The Kier molecular flexibility index (Phi) is 4.87. The molecule has 0 spiro atoms. The third-order valence-electron chi connectivity index (χ3n) is 2.70. The second-order valence-electron chi connectivity index (χ2n) is 4.56. The lowest BCUT2D eigenvalue weighted by atomic mass is 10.1. The van der Waals surface area contributed by atoms with E-state index in [1.54, 1.807) is 19.4 Å². The van der Waals surface area contributed by atoms with E-state index < -0.39 is 0 Å². The highest BCUT2D eigenvalue weighted by Gasteiger charge is 2.13. The van der Waals surface area contributed by atoms with Crippen LogP contribution in [0.4, 0.5) is 0 Å². The van der Waals surface area contributed by atoms with Gasteiger partial charge in [0.15, 0.2) is 17.3 Å². The van der Waals surface area contributed by atoms with Crippen LogP contribution in [0, 0.1) is 0 Å². The van der Waals surface area contributed by atoms with Gasteiger partial charge in [0.1, 0.15) is 6.61 Å². The minimum absolute atomic E-state index is 0.0525. The van der Waals surface area contributed by atoms with E-state index in [-0.39, 0.29) is 12.6 Å². The van der Waals surface area contributed by atoms with E-state index in [0.29, 0.717) is 22.3 Å².